The average molecular weight is 603 g/mol. The summed E-state index contributed by atoms with van der Waals surface area (Å²) in [6.07, 6.45) is 9.38. The van der Waals surface area contributed by atoms with Gasteiger partial charge in [-0.2, -0.15) is 0 Å². The van der Waals surface area contributed by atoms with Crippen molar-refractivity contribution in [2.75, 3.05) is 19.8 Å². The highest BCUT2D eigenvalue weighted by Gasteiger charge is 2.60. The molecular formula is C34H50O9. The van der Waals surface area contributed by atoms with E-state index >= 15 is 0 Å². The van der Waals surface area contributed by atoms with E-state index in [0.29, 0.717) is 24.0 Å². The van der Waals surface area contributed by atoms with Gasteiger partial charge in [-0.05, 0) is 63.2 Å². The highest BCUT2D eigenvalue weighted by Crippen LogP contribution is 2.46. The van der Waals surface area contributed by atoms with Crippen LogP contribution in [0.15, 0.2) is 58.7 Å². The zero-order chi connectivity index (χ0) is 31.5. The molecule has 3 heterocycles. The molecule has 0 radical (unpaired) electrons. The smallest absolute Gasteiger partial charge is 0.316 e. The lowest BCUT2D eigenvalue weighted by molar-refractivity contribution is -0.324. The molecule has 9 nitrogen and oxygen atoms in total. The number of fused-ring (bicyclic) bond motifs is 2. The van der Waals surface area contributed by atoms with Gasteiger partial charge in [0.25, 0.3) is 0 Å². The van der Waals surface area contributed by atoms with Crippen LogP contribution in [-0.2, 0) is 23.7 Å². The first-order chi connectivity index (χ1) is 20.4. The number of ether oxygens (including phenoxy) is 4. The maximum absolute atomic E-state index is 13.9. The Morgan fingerprint density at radius 1 is 1.26 bits per heavy atom. The van der Waals surface area contributed by atoms with E-state index in [-0.39, 0.29) is 31.5 Å². The van der Waals surface area contributed by atoms with Crippen molar-refractivity contribution in [3.8, 4) is 0 Å². The summed E-state index contributed by atoms with van der Waals surface area (Å²) in [6, 6.07) is 0. The number of allylic oxidation sites excluding steroid dienone is 5. The van der Waals surface area contributed by atoms with E-state index in [1.807, 2.05) is 39.0 Å². The minimum Gasteiger partial charge on any atom is -0.462 e. The van der Waals surface area contributed by atoms with Crippen LogP contribution < -0.4 is 0 Å². The molecule has 0 aromatic rings. The first-order valence-electron chi connectivity index (χ1n) is 15.5. The molecule has 0 spiro atoms. The van der Waals surface area contributed by atoms with E-state index < -0.39 is 60.4 Å². The van der Waals surface area contributed by atoms with E-state index in [4.69, 9.17) is 18.9 Å². The molecule has 43 heavy (non-hydrogen) atoms. The average Bonchev–Trinajstić information content (AvgIpc) is 3.32. The van der Waals surface area contributed by atoms with E-state index in [1.165, 1.54) is 5.57 Å². The molecule has 10 atom stereocenters. The lowest BCUT2D eigenvalue weighted by atomic mass is 9.71. The van der Waals surface area contributed by atoms with E-state index in [0.717, 1.165) is 12.0 Å². The Morgan fingerprint density at radius 2 is 2.00 bits per heavy atom. The second-order valence-corrected chi connectivity index (χ2v) is 13.0. The number of hydrogen-bond acceptors (Lipinski definition) is 9. The van der Waals surface area contributed by atoms with E-state index in [2.05, 4.69) is 19.9 Å². The van der Waals surface area contributed by atoms with Crippen molar-refractivity contribution in [3.05, 3.63) is 58.7 Å². The number of aliphatic hydroxyl groups is 4. The fourth-order valence-electron chi connectivity index (χ4n) is 6.78. The van der Waals surface area contributed by atoms with Gasteiger partial charge in [-0.25, -0.2) is 0 Å². The molecule has 1 aliphatic carbocycles. The van der Waals surface area contributed by atoms with Crippen LogP contribution in [0.1, 0.15) is 67.2 Å². The van der Waals surface area contributed by atoms with Crippen molar-refractivity contribution in [1.29, 1.82) is 0 Å². The fourth-order valence-corrected chi connectivity index (χ4v) is 6.78. The van der Waals surface area contributed by atoms with Crippen molar-refractivity contribution >= 4 is 5.97 Å². The molecule has 2 fully saturated rings. The molecule has 0 aromatic heterocycles. The molecule has 0 amide bonds. The summed E-state index contributed by atoms with van der Waals surface area (Å²) in [4.78, 5) is 13.9. The fraction of sp³-hybridized carbons (Fsp3) is 0.676. The molecule has 0 unspecified atom stereocenters. The standard InChI is InChI=1S/C34H50O9/c1-7-22(4)30(24(6)17-35)43-33(19-36)16-27-15-26(42-33)12-11-21(3)13-20(2)9-8-10-25-18-40-31-29(37)23(5)14-28(32(38)41-27)34(25,31)39/h7-11,14,20,24,26-31,35-37,39H,12-13,15-19H2,1-6H3/b9-8+,21-11+,22-7+,25-10+/t20-,24-,26+,27-,28-,29+,30+,31+,33-,34+/m0/s1. The van der Waals surface area contributed by atoms with Gasteiger partial charge in [0.1, 0.15) is 29.8 Å². The van der Waals surface area contributed by atoms with Crippen molar-refractivity contribution in [2.24, 2.45) is 17.8 Å². The molecule has 2 bridgehead atoms. The number of carbonyl (C=O) groups excluding carboxylic acids is 1. The van der Waals surface area contributed by atoms with Gasteiger partial charge in [0.15, 0.2) is 5.79 Å². The van der Waals surface area contributed by atoms with Crippen LogP contribution in [0.5, 0.6) is 0 Å². The van der Waals surface area contributed by atoms with Crippen LogP contribution in [-0.4, -0.2) is 88.1 Å². The highest BCUT2D eigenvalue weighted by molar-refractivity contribution is 5.78. The lowest BCUT2D eigenvalue weighted by Gasteiger charge is -2.46. The number of carbonyl (C=O) groups is 1. The molecule has 9 heteroatoms. The molecule has 4 N–H and O–H groups in total. The molecular weight excluding hydrogens is 552 g/mol. The normalized spacial score (nSPS) is 42.0. The first-order valence-corrected chi connectivity index (χ1v) is 15.5. The van der Waals surface area contributed by atoms with Crippen LogP contribution in [0.25, 0.3) is 0 Å². The zero-order valence-electron chi connectivity index (χ0n) is 26.4. The SMILES string of the molecule is C/C=C(\C)[C@@H](O[C@]1(CO)C[C@@H]2C[C@@H](C/C=C(\C)C[C@@H](C)/C=C/C=C3\CO[C@@H]4[C@H](O)C(C)=C[C@@H](C(=O)O2)[C@]34O)O1)[C@@H](C)CO. The Kier molecular flexibility index (Phi) is 10.9. The van der Waals surface area contributed by atoms with Gasteiger partial charge in [-0.1, -0.05) is 55.9 Å². The summed E-state index contributed by atoms with van der Waals surface area (Å²) in [5, 5.41) is 43.6. The molecule has 4 aliphatic rings. The highest BCUT2D eigenvalue weighted by atomic mass is 16.7. The van der Waals surface area contributed by atoms with Gasteiger partial charge < -0.3 is 39.4 Å². The largest absolute Gasteiger partial charge is 0.462 e. The van der Waals surface area contributed by atoms with Gasteiger partial charge >= 0.3 is 5.97 Å². The minimum absolute atomic E-state index is 0.0684. The van der Waals surface area contributed by atoms with Crippen LogP contribution >= 0.6 is 0 Å². The van der Waals surface area contributed by atoms with Gasteiger partial charge in [0.05, 0.1) is 25.4 Å². The van der Waals surface area contributed by atoms with Crippen molar-refractivity contribution in [2.45, 2.75) is 109 Å². The number of hydrogen-bond donors (Lipinski definition) is 4. The Balaban J connectivity index is 1.75. The summed E-state index contributed by atoms with van der Waals surface area (Å²) in [6.45, 7) is 11.0. The molecule has 2 saturated heterocycles. The zero-order valence-corrected chi connectivity index (χ0v) is 26.4. The summed E-state index contributed by atoms with van der Waals surface area (Å²) in [5.41, 5.74) is 1.31. The Hall–Kier alpha value is -2.11. The Bertz CT molecular complexity index is 1170. The third kappa shape index (κ3) is 7.09. The van der Waals surface area contributed by atoms with Crippen LogP contribution in [0.4, 0.5) is 0 Å². The van der Waals surface area contributed by atoms with Crippen molar-refractivity contribution < 1.29 is 44.2 Å². The van der Waals surface area contributed by atoms with E-state index in [1.54, 1.807) is 19.1 Å². The minimum atomic E-state index is -1.78. The monoisotopic (exact) mass is 602 g/mol. The van der Waals surface area contributed by atoms with Gasteiger partial charge in [-0.3, -0.25) is 4.79 Å². The first kappa shape index (κ1) is 33.8. The molecule has 4 rings (SSSR count). The summed E-state index contributed by atoms with van der Waals surface area (Å²) < 4.78 is 25.0. The molecule has 0 aromatic carbocycles. The molecule has 240 valence electrons. The predicted molar refractivity (Wildman–Crippen MR) is 162 cm³/mol. The van der Waals surface area contributed by atoms with Crippen LogP contribution in [0.2, 0.25) is 0 Å². The predicted octanol–water partition coefficient (Wildman–Crippen LogP) is 3.67. The number of esters is 1. The number of aliphatic hydroxyl groups excluding tert-OH is 3. The maximum Gasteiger partial charge on any atom is 0.316 e. The van der Waals surface area contributed by atoms with Gasteiger partial charge in [0, 0.05) is 25.4 Å². The third-order valence-corrected chi connectivity index (χ3v) is 9.41. The van der Waals surface area contributed by atoms with Crippen molar-refractivity contribution in [3.63, 3.8) is 0 Å². The van der Waals surface area contributed by atoms with Gasteiger partial charge in [-0.15, -0.1) is 0 Å². The van der Waals surface area contributed by atoms with Crippen molar-refractivity contribution in [1.82, 2.24) is 0 Å². The van der Waals surface area contributed by atoms with Crippen LogP contribution in [0, 0.1) is 17.8 Å². The second-order valence-electron chi connectivity index (χ2n) is 13.0. The second kappa shape index (κ2) is 13.9. The van der Waals surface area contributed by atoms with Crippen LogP contribution in [0.3, 0.4) is 0 Å². The third-order valence-electron chi connectivity index (χ3n) is 9.41. The topological polar surface area (TPSA) is 135 Å². The molecule has 0 saturated carbocycles. The van der Waals surface area contributed by atoms with Gasteiger partial charge in [0.2, 0.25) is 0 Å². The van der Waals surface area contributed by atoms with E-state index in [9.17, 15) is 25.2 Å². The summed E-state index contributed by atoms with van der Waals surface area (Å²) in [7, 11) is 0. The number of rotatable bonds is 6. The Morgan fingerprint density at radius 3 is 2.67 bits per heavy atom. The quantitative estimate of drug-likeness (QED) is 0.265. The maximum atomic E-state index is 13.9. The summed E-state index contributed by atoms with van der Waals surface area (Å²) >= 11 is 0. The summed E-state index contributed by atoms with van der Waals surface area (Å²) in [5.74, 6) is -3.29. The Labute approximate surface area is 255 Å². The molecule has 3 aliphatic heterocycles. The lowest BCUT2D eigenvalue weighted by Crippen LogP contribution is -2.58.